The Hall–Kier alpha value is -9.15. The van der Waals surface area contributed by atoms with E-state index < -0.39 is 108 Å². The van der Waals surface area contributed by atoms with Crippen molar-refractivity contribution in [3.8, 4) is 11.5 Å². The number of carbonyl (C=O) groups excluding carboxylic acids is 7. The Morgan fingerprint density at radius 2 is 1.14 bits per heavy atom. The van der Waals surface area contributed by atoms with E-state index in [1.165, 1.54) is 0 Å². The van der Waals surface area contributed by atoms with Crippen molar-refractivity contribution in [1.82, 2.24) is 67.0 Å². The fourth-order valence-corrected chi connectivity index (χ4v) is 10.0. The van der Waals surface area contributed by atoms with Crippen LogP contribution in [0.2, 0.25) is 0 Å². The molecule has 0 aliphatic carbocycles. The number of carboxylic acid groups (broad SMARTS) is 3. The number of fused-ring (bicyclic) bond motifs is 1. The molecule has 1 fully saturated rings. The molecule has 1 saturated heterocycles. The van der Waals surface area contributed by atoms with Gasteiger partial charge in [-0.05, 0) is 48.1 Å². The van der Waals surface area contributed by atoms with Crippen LogP contribution in [0, 0.1) is 11.6 Å². The average molecular weight is 1310 g/mol. The van der Waals surface area contributed by atoms with Crippen molar-refractivity contribution < 1.29 is 87.0 Å². The molecular formula is C60H85F2N15O16. The minimum atomic E-state index is -1.33. The number of rotatable bonds is 34. The number of hydrogen-bond donors (Lipinski definition) is 14. The van der Waals surface area contributed by atoms with E-state index in [1.807, 2.05) is 29.2 Å². The van der Waals surface area contributed by atoms with Crippen molar-refractivity contribution in [1.29, 1.82) is 0 Å². The third-order valence-electron chi connectivity index (χ3n) is 14.9. The first-order chi connectivity index (χ1) is 44.5. The number of aliphatic hydroxyl groups excluding tert-OH is 1. The normalized spacial score (nSPS) is 15.5. The number of phenolic OH excluding ortho intramolecular Hbond substituents is 1. The molecule has 33 heteroatoms. The van der Waals surface area contributed by atoms with Crippen LogP contribution in [0.4, 0.5) is 13.6 Å². The Balaban J connectivity index is 1.13. The largest absolute Gasteiger partial charge is 0.508 e. The fraction of sp³-hybridized carbons (Fsp3) is 0.517. The topological polar surface area (TPSA) is 432 Å². The number of hydrogen-bond acceptors (Lipinski definition) is 19. The molecule has 31 nitrogen and oxygen atoms in total. The van der Waals surface area contributed by atoms with E-state index in [4.69, 9.17) is 10.5 Å². The number of aromatic hydroxyl groups is 1. The molecule has 0 radical (unpaired) electrons. The highest BCUT2D eigenvalue weighted by atomic mass is 19.1. The van der Waals surface area contributed by atoms with Gasteiger partial charge in [-0.2, -0.15) is 0 Å². The molecule has 0 aromatic heterocycles. The minimum Gasteiger partial charge on any atom is -0.508 e. The molecule has 2 heterocycles. The van der Waals surface area contributed by atoms with Crippen LogP contribution < -0.4 is 53.0 Å². The van der Waals surface area contributed by atoms with Gasteiger partial charge in [0.1, 0.15) is 41.3 Å². The Morgan fingerprint density at radius 1 is 0.613 bits per heavy atom. The van der Waals surface area contributed by atoms with E-state index in [-0.39, 0.29) is 162 Å². The summed E-state index contributed by atoms with van der Waals surface area (Å²) < 4.78 is 35.4. The third-order valence-corrected chi connectivity index (χ3v) is 14.9. The molecule has 510 valence electrons. The first-order valence-electron chi connectivity index (χ1n) is 30.4. The van der Waals surface area contributed by atoms with Gasteiger partial charge in [-0.1, -0.05) is 43.3 Å². The second kappa shape index (κ2) is 39.3. The standard InChI is InChI=1S/C60H85F2N15O16/c1-2-49(80)65-18-19-68-60(92)72-59(63)67-15-5-9-47(56(89)69-31-44-45(61)29-42(79)30-46(44)62)71-58(91)55(77-32-40-7-3-4-8-41(40)33-77)39-10-12-43(13-11-39)93-28-6-16-66-57(90)48(38-78)70-50(81)14-17-64-51(82)34-73-20-22-74(35-52(83)84)24-26-76(37-54(87)88)27-25-75(23-21-73)36-53(85)86/h3-4,7-8,10-13,29-30,47-48,55,78-79H,2,5-6,9,14-28,31-38H2,1H3,(H,64,82)(H,65,80)(H,66,90)(H,69,89)(H,70,81)(H,71,91)(H,83,84)(H,85,86)(H,87,88)(H4,63,67,68,72,92)/t47-,48-,55+/m1/s1. The van der Waals surface area contributed by atoms with E-state index >= 15 is 0 Å². The number of nitrogens with one attached hydrogen (secondary N) is 8. The average Bonchev–Trinajstić information content (AvgIpc) is 1.71. The number of ether oxygens (including phenoxy) is 1. The lowest BCUT2D eigenvalue weighted by Crippen LogP contribution is -2.50. The molecule has 0 bridgehead atoms. The molecule has 15 N–H and O–H groups in total. The number of carbonyl (C=O) groups is 10. The van der Waals surface area contributed by atoms with Crippen LogP contribution in [0.15, 0.2) is 65.7 Å². The highest BCUT2D eigenvalue weighted by molar-refractivity contribution is 5.95. The number of aliphatic hydroxyl groups is 1. The van der Waals surface area contributed by atoms with Gasteiger partial charge in [0.2, 0.25) is 35.4 Å². The van der Waals surface area contributed by atoms with E-state index in [9.17, 15) is 82.3 Å². The van der Waals surface area contributed by atoms with Crippen molar-refractivity contribution in [3.63, 3.8) is 0 Å². The van der Waals surface area contributed by atoms with Crippen molar-refractivity contribution in [3.05, 3.63) is 94.6 Å². The van der Waals surface area contributed by atoms with E-state index in [1.54, 1.807) is 50.8 Å². The number of phenols is 1. The Labute approximate surface area is 535 Å². The number of aliphatic carboxylic acids is 3. The number of nitrogens with two attached hydrogens (primary N) is 1. The van der Waals surface area contributed by atoms with Crippen LogP contribution in [-0.4, -0.2) is 252 Å². The van der Waals surface area contributed by atoms with Gasteiger partial charge in [0, 0.05) is 135 Å². The minimum absolute atomic E-state index is 0.0281. The Morgan fingerprint density at radius 3 is 1.68 bits per heavy atom. The maximum Gasteiger partial charge on any atom is 0.321 e. The lowest BCUT2D eigenvalue weighted by molar-refractivity contribution is -0.140. The number of guanidine groups is 1. The van der Waals surface area contributed by atoms with Crippen molar-refractivity contribution >= 4 is 65.3 Å². The number of halogens is 2. The summed E-state index contributed by atoms with van der Waals surface area (Å²) in [7, 11) is 0. The molecule has 2 aliphatic heterocycles. The molecule has 8 amide bonds. The second-order valence-corrected chi connectivity index (χ2v) is 22.0. The van der Waals surface area contributed by atoms with E-state index in [2.05, 4.69) is 47.5 Å². The number of urea groups is 1. The van der Waals surface area contributed by atoms with E-state index in [0.29, 0.717) is 36.5 Å². The van der Waals surface area contributed by atoms with Crippen LogP contribution in [0.3, 0.4) is 0 Å². The second-order valence-electron chi connectivity index (χ2n) is 22.0. The van der Waals surface area contributed by atoms with Gasteiger partial charge in [0.15, 0.2) is 5.96 Å². The predicted octanol–water partition coefficient (Wildman–Crippen LogP) is -2.21. The molecule has 5 rings (SSSR count). The number of aliphatic imine (C=N–C) groups is 1. The third kappa shape index (κ3) is 27.3. The van der Waals surface area contributed by atoms with Crippen molar-refractivity contribution in [2.45, 2.75) is 76.8 Å². The van der Waals surface area contributed by atoms with Crippen LogP contribution in [0.1, 0.15) is 67.3 Å². The van der Waals surface area contributed by atoms with Gasteiger partial charge in [0.05, 0.1) is 39.4 Å². The predicted molar refractivity (Wildman–Crippen MR) is 331 cm³/mol. The van der Waals surface area contributed by atoms with Gasteiger partial charge >= 0.3 is 23.9 Å². The molecule has 0 spiro atoms. The SMILES string of the molecule is CCC(=O)NCCNC(=O)NC(N)=NCCC[C@@H](NC(=O)[C@H](c1ccc(OCCCNC(=O)[C@@H](CO)NC(=O)CCNC(=O)CN2CCN(CC(=O)O)CCN(CC(=O)O)CCN(CC(=O)O)CC2)cc1)N1Cc2ccccc2C1)C(=O)NCc1c(F)cc(O)cc1F. The lowest BCUT2D eigenvalue weighted by Gasteiger charge is -2.32. The summed E-state index contributed by atoms with van der Waals surface area (Å²) in [5, 5.41) is 68.6. The highest BCUT2D eigenvalue weighted by Crippen LogP contribution is 2.33. The van der Waals surface area contributed by atoms with Gasteiger partial charge < -0.3 is 73.2 Å². The maximum atomic E-state index is 14.7. The van der Waals surface area contributed by atoms with Crippen LogP contribution >= 0.6 is 0 Å². The number of carboxylic acids is 3. The van der Waals surface area contributed by atoms with Crippen LogP contribution in [-0.2, 0) is 62.8 Å². The summed E-state index contributed by atoms with van der Waals surface area (Å²) in [6.07, 6.45) is 0.363. The number of amides is 8. The summed E-state index contributed by atoms with van der Waals surface area (Å²) in [5.41, 5.74) is 7.85. The fourth-order valence-electron chi connectivity index (χ4n) is 10.0. The summed E-state index contributed by atoms with van der Waals surface area (Å²) in [6, 6.07) is 11.3. The smallest absolute Gasteiger partial charge is 0.321 e. The number of nitrogens with zero attached hydrogens (tertiary/aromatic N) is 6. The monoisotopic (exact) mass is 1310 g/mol. The molecular weight excluding hydrogens is 1220 g/mol. The number of benzene rings is 3. The summed E-state index contributed by atoms with van der Waals surface area (Å²) in [4.78, 5) is 139. The molecule has 3 aromatic rings. The van der Waals surface area contributed by atoms with E-state index in [0.717, 1.165) is 11.1 Å². The quantitative estimate of drug-likeness (QED) is 0.0171. The van der Waals surface area contributed by atoms with Crippen molar-refractivity contribution in [2.75, 3.05) is 124 Å². The molecule has 93 heavy (non-hydrogen) atoms. The lowest BCUT2D eigenvalue weighted by atomic mass is 10.0. The molecule has 0 unspecified atom stereocenters. The molecule has 0 saturated carbocycles. The van der Waals surface area contributed by atoms with Crippen molar-refractivity contribution in [2.24, 2.45) is 10.7 Å². The zero-order chi connectivity index (χ0) is 67.8. The van der Waals surface area contributed by atoms with Gasteiger partial charge in [-0.15, -0.1) is 0 Å². The maximum absolute atomic E-state index is 14.7. The summed E-state index contributed by atoms with van der Waals surface area (Å²) in [5.74, 6) is -9.40. The van der Waals surface area contributed by atoms with Crippen LogP contribution in [0.25, 0.3) is 0 Å². The Bertz CT molecular complexity index is 2980. The molecule has 3 atom stereocenters. The summed E-state index contributed by atoms with van der Waals surface area (Å²) in [6.45, 7) is 1.78. The van der Waals surface area contributed by atoms with Gasteiger partial charge in [-0.3, -0.25) is 78.0 Å². The zero-order valence-electron chi connectivity index (χ0n) is 51.8. The first-order valence-corrected chi connectivity index (χ1v) is 30.4. The van der Waals surface area contributed by atoms with Gasteiger partial charge in [-0.25, -0.2) is 13.6 Å². The Kier molecular flexibility index (Phi) is 31.5. The highest BCUT2D eigenvalue weighted by Gasteiger charge is 2.35. The van der Waals surface area contributed by atoms with Gasteiger partial charge in [0.25, 0.3) is 0 Å². The molecule has 3 aromatic carbocycles. The van der Waals surface area contributed by atoms with Crippen LogP contribution in [0.5, 0.6) is 11.5 Å². The first kappa shape index (κ1) is 74.6. The summed E-state index contributed by atoms with van der Waals surface area (Å²) >= 11 is 0. The molecule has 2 aliphatic rings. The zero-order valence-corrected chi connectivity index (χ0v) is 51.8.